The molecule has 2 atom stereocenters. The van der Waals surface area contributed by atoms with Crippen LogP contribution in [-0.4, -0.2) is 16.7 Å². The molecule has 0 N–H and O–H groups in total. The van der Waals surface area contributed by atoms with E-state index in [1.165, 1.54) is 6.26 Å². The predicted molar refractivity (Wildman–Crippen MR) is 64.8 cm³/mol. The van der Waals surface area contributed by atoms with Crippen LogP contribution >= 0.6 is 0 Å². The third kappa shape index (κ3) is 3.18. The van der Waals surface area contributed by atoms with E-state index in [1.807, 2.05) is 0 Å². The molecule has 5 nitrogen and oxygen atoms in total. The van der Waals surface area contributed by atoms with Crippen molar-refractivity contribution in [1.82, 2.24) is 0 Å². The van der Waals surface area contributed by atoms with Gasteiger partial charge in [0.1, 0.15) is 11.5 Å². The molecular weight excluding hydrogens is 234 g/mol. The van der Waals surface area contributed by atoms with Crippen LogP contribution in [0, 0.1) is 16.0 Å². The lowest BCUT2D eigenvalue weighted by molar-refractivity contribution is -0.524. The molecule has 0 aromatic carbocycles. The molecule has 0 spiro atoms. The molecule has 0 saturated heterocycles. The number of rotatable bonds is 5. The second-order valence-electron chi connectivity index (χ2n) is 4.87. The van der Waals surface area contributed by atoms with E-state index in [0.717, 1.165) is 19.3 Å². The number of hydrogen-bond donors (Lipinski definition) is 0. The van der Waals surface area contributed by atoms with Gasteiger partial charge in [-0.25, -0.2) is 0 Å². The average Bonchev–Trinajstić information content (AvgIpc) is 2.83. The molecule has 2 rings (SSSR count). The molecule has 1 aromatic heterocycles. The third-order valence-electron chi connectivity index (χ3n) is 3.55. The number of hydrogen-bond acceptors (Lipinski definition) is 4. The Bertz CT molecular complexity index is 413. The van der Waals surface area contributed by atoms with Gasteiger partial charge in [0.05, 0.1) is 12.7 Å². The lowest BCUT2D eigenvalue weighted by Crippen LogP contribution is -2.30. The minimum absolute atomic E-state index is 0.135. The maximum absolute atomic E-state index is 11.7. The number of nitrogens with zero attached hydrogens (tertiary/aromatic N) is 1. The molecular formula is C13H17NO4. The summed E-state index contributed by atoms with van der Waals surface area (Å²) < 4.78 is 5.14. The molecule has 1 fully saturated rings. The van der Waals surface area contributed by atoms with Crippen LogP contribution in [0.3, 0.4) is 0 Å². The Kier molecular flexibility index (Phi) is 4.12. The van der Waals surface area contributed by atoms with Crippen LogP contribution in [-0.2, 0) is 11.2 Å². The Morgan fingerprint density at radius 1 is 1.50 bits per heavy atom. The van der Waals surface area contributed by atoms with Crippen molar-refractivity contribution in [2.24, 2.45) is 5.92 Å². The van der Waals surface area contributed by atoms with Crippen LogP contribution in [0.15, 0.2) is 22.8 Å². The molecule has 1 aliphatic carbocycles. The van der Waals surface area contributed by atoms with Gasteiger partial charge in [-0.1, -0.05) is 6.42 Å². The first-order valence-electron chi connectivity index (χ1n) is 6.35. The predicted octanol–water partition coefficient (Wildman–Crippen LogP) is 2.62. The van der Waals surface area contributed by atoms with E-state index in [2.05, 4.69) is 0 Å². The standard InChI is InChI=1S/C13H17NO4/c15-13-6-2-1-4-10(13)8-11(14(16)17)9-12-5-3-7-18-12/h3,5,7,10-11H,1-2,4,6,8-9H2/t10-,11-/m0/s1. The third-order valence-corrected chi connectivity index (χ3v) is 3.55. The van der Waals surface area contributed by atoms with Crippen LogP contribution < -0.4 is 0 Å². The van der Waals surface area contributed by atoms with Crippen LogP contribution in [0.4, 0.5) is 0 Å². The van der Waals surface area contributed by atoms with Gasteiger partial charge in [-0.3, -0.25) is 14.9 Å². The topological polar surface area (TPSA) is 73.3 Å². The lowest BCUT2D eigenvalue weighted by atomic mass is 9.83. The van der Waals surface area contributed by atoms with Crippen molar-refractivity contribution in [3.8, 4) is 0 Å². The molecule has 0 bridgehead atoms. The van der Waals surface area contributed by atoms with Crippen molar-refractivity contribution in [3.05, 3.63) is 34.3 Å². The highest BCUT2D eigenvalue weighted by Gasteiger charge is 2.31. The highest BCUT2D eigenvalue weighted by molar-refractivity contribution is 5.81. The van der Waals surface area contributed by atoms with Gasteiger partial charge in [0.15, 0.2) is 0 Å². The zero-order valence-corrected chi connectivity index (χ0v) is 10.2. The minimum atomic E-state index is -0.719. The Labute approximate surface area is 105 Å². The normalized spacial score (nSPS) is 21.8. The molecule has 1 aliphatic rings. The number of ketones is 1. The summed E-state index contributed by atoms with van der Waals surface area (Å²) in [7, 11) is 0. The monoisotopic (exact) mass is 251 g/mol. The quantitative estimate of drug-likeness (QED) is 0.595. The number of nitro groups is 1. The molecule has 5 heteroatoms. The minimum Gasteiger partial charge on any atom is -0.469 e. The second-order valence-corrected chi connectivity index (χ2v) is 4.87. The van der Waals surface area contributed by atoms with Crippen LogP contribution in [0.25, 0.3) is 0 Å². The van der Waals surface area contributed by atoms with E-state index in [-0.39, 0.29) is 23.0 Å². The number of carbonyl (C=O) groups excluding carboxylic acids is 1. The van der Waals surface area contributed by atoms with Crippen LogP contribution in [0.5, 0.6) is 0 Å². The van der Waals surface area contributed by atoms with E-state index in [1.54, 1.807) is 12.1 Å². The van der Waals surface area contributed by atoms with Crippen LogP contribution in [0.2, 0.25) is 0 Å². The van der Waals surface area contributed by atoms with Crippen molar-refractivity contribution < 1.29 is 14.1 Å². The summed E-state index contributed by atoms with van der Waals surface area (Å²) in [5.41, 5.74) is 0. The summed E-state index contributed by atoms with van der Waals surface area (Å²) in [6.07, 6.45) is 5.42. The van der Waals surface area contributed by atoms with Crippen LogP contribution in [0.1, 0.15) is 37.9 Å². The van der Waals surface area contributed by atoms with Crippen molar-refractivity contribution in [2.75, 3.05) is 0 Å². The SMILES string of the molecule is O=C1CCCC[C@H]1C[C@@H](Cc1ccco1)[N+](=O)[O-]. The van der Waals surface area contributed by atoms with E-state index in [0.29, 0.717) is 18.6 Å². The molecule has 0 unspecified atom stereocenters. The van der Waals surface area contributed by atoms with E-state index < -0.39 is 6.04 Å². The van der Waals surface area contributed by atoms with Crippen molar-refractivity contribution in [1.29, 1.82) is 0 Å². The molecule has 1 heterocycles. The van der Waals surface area contributed by atoms with Crippen molar-refractivity contribution in [2.45, 2.75) is 44.6 Å². The molecule has 1 aromatic rings. The molecule has 1 saturated carbocycles. The molecule has 0 amide bonds. The lowest BCUT2D eigenvalue weighted by Gasteiger charge is -2.21. The first-order valence-corrected chi connectivity index (χ1v) is 6.35. The Morgan fingerprint density at radius 3 is 2.94 bits per heavy atom. The average molecular weight is 251 g/mol. The summed E-state index contributed by atoms with van der Waals surface area (Å²) in [6, 6.07) is 2.74. The zero-order chi connectivity index (χ0) is 13.0. The summed E-state index contributed by atoms with van der Waals surface area (Å²) in [4.78, 5) is 22.5. The smallest absolute Gasteiger partial charge is 0.220 e. The summed E-state index contributed by atoms with van der Waals surface area (Å²) in [5.74, 6) is 0.664. The van der Waals surface area contributed by atoms with Gasteiger partial charge in [0, 0.05) is 23.7 Å². The van der Waals surface area contributed by atoms with Gasteiger partial charge >= 0.3 is 0 Å². The summed E-state index contributed by atoms with van der Waals surface area (Å²) in [5, 5.41) is 11.1. The van der Waals surface area contributed by atoms with Crippen molar-refractivity contribution in [3.63, 3.8) is 0 Å². The molecule has 0 aliphatic heterocycles. The molecule has 18 heavy (non-hydrogen) atoms. The first-order chi connectivity index (χ1) is 8.66. The zero-order valence-electron chi connectivity index (χ0n) is 10.2. The van der Waals surface area contributed by atoms with Gasteiger partial charge in [0.2, 0.25) is 6.04 Å². The van der Waals surface area contributed by atoms with Gasteiger partial charge in [0.25, 0.3) is 0 Å². The fourth-order valence-electron chi connectivity index (χ4n) is 2.54. The molecule has 0 radical (unpaired) electrons. The van der Waals surface area contributed by atoms with Crippen molar-refractivity contribution >= 4 is 5.78 Å². The summed E-state index contributed by atoms with van der Waals surface area (Å²) in [6.45, 7) is 0. The largest absolute Gasteiger partial charge is 0.469 e. The number of furan rings is 1. The van der Waals surface area contributed by atoms with E-state index >= 15 is 0 Å². The maximum atomic E-state index is 11.7. The fraction of sp³-hybridized carbons (Fsp3) is 0.615. The second kappa shape index (κ2) is 5.80. The Balaban J connectivity index is 1.97. The van der Waals surface area contributed by atoms with Gasteiger partial charge in [-0.15, -0.1) is 0 Å². The van der Waals surface area contributed by atoms with Gasteiger partial charge in [-0.2, -0.15) is 0 Å². The summed E-state index contributed by atoms with van der Waals surface area (Å²) >= 11 is 0. The van der Waals surface area contributed by atoms with E-state index in [9.17, 15) is 14.9 Å². The highest BCUT2D eigenvalue weighted by atomic mass is 16.6. The highest BCUT2D eigenvalue weighted by Crippen LogP contribution is 2.26. The Hall–Kier alpha value is -1.65. The van der Waals surface area contributed by atoms with Gasteiger partial charge in [-0.05, 0) is 25.0 Å². The number of carbonyl (C=O) groups is 1. The Morgan fingerprint density at radius 2 is 2.33 bits per heavy atom. The van der Waals surface area contributed by atoms with E-state index in [4.69, 9.17) is 4.42 Å². The maximum Gasteiger partial charge on any atom is 0.220 e. The molecule has 98 valence electrons. The fourth-order valence-corrected chi connectivity index (χ4v) is 2.54. The number of Topliss-reactive ketones (excluding diaryl/α,β-unsaturated/α-hetero) is 1. The first kappa shape index (κ1) is 12.8. The van der Waals surface area contributed by atoms with Gasteiger partial charge < -0.3 is 4.42 Å².